The van der Waals surface area contributed by atoms with Gasteiger partial charge in [-0.3, -0.25) is 9.32 Å². The minimum atomic E-state index is -4.66. The van der Waals surface area contributed by atoms with Crippen LogP contribution in [0.3, 0.4) is 0 Å². The lowest BCUT2D eigenvalue weighted by Crippen LogP contribution is -2.45. The number of hydrogen-bond acceptors (Lipinski definition) is 3. The Labute approximate surface area is 160 Å². The van der Waals surface area contributed by atoms with E-state index in [0.29, 0.717) is 10.9 Å². The van der Waals surface area contributed by atoms with Crippen molar-refractivity contribution in [3.63, 3.8) is 0 Å². The van der Waals surface area contributed by atoms with Gasteiger partial charge in [0.1, 0.15) is 6.54 Å². The van der Waals surface area contributed by atoms with E-state index in [1.165, 1.54) is 51.4 Å². The van der Waals surface area contributed by atoms with Crippen LogP contribution in [0.4, 0.5) is 0 Å². The second-order valence-electron chi connectivity index (χ2n) is 8.31. The molecule has 0 aliphatic carbocycles. The summed E-state index contributed by atoms with van der Waals surface area (Å²) in [5, 5.41) is 0. The molecule has 1 unspecified atom stereocenters. The topological polar surface area (TPSA) is 83.8 Å². The van der Waals surface area contributed by atoms with E-state index >= 15 is 0 Å². The number of carbonyl (C=O) groups excluding carboxylic acids is 1. The van der Waals surface area contributed by atoms with Gasteiger partial charge in [-0.15, -0.1) is 0 Å². The van der Waals surface area contributed by atoms with Crippen LogP contribution in [0, 0.1) is 0 Å². The average Bonchev–Trinajstić information content (AvgIpc) is 2.49. The highest BCUT2D eigenvalue weighted by molar-refractivity contribution is 7.46. The molecule has 2 N–H and O–H groups in total. The number of hydrogen-bond donors (Lipinski definition) is 2. The second-order valence-corrected chi connectivity index (χ2v) is 9.50. The molecule has 0 aromatic rings. The number of phosphoric ester groups is 1. The van der Waals surface area contributed by atoms with Crippen LogP contribution >= 0.6 is 7.82 Å². The molecule has 0 aromatic carbocycles. The summed E-state index contributed by atoms with van der Waals surface area (Å²) in [6, 6.07) is 0. The normalized spacial score (nSPS) is 13.8. The number of unbranched alkanes of at least 4 members (excludes halogenated alkanes) is 10. The molecule has 1 atom stereocenters. The standard InChI is InChI=1S/C19H40NO5P/c1-5-6-7-8-9-10-11-12-13-14-15-16-18(21)19(17-20(2,3)4)25-26(22,23)24/h19H,5-17H2,1-4H3,(H-,22,23,24)/p+1. The van der Waals surface area contributed by atoms with Gasteiger partial charge in [0.05, 0.1) is 21.1 Å². The second kappa shape index (κ2) is 13.8. The van der Waals surface area contributed by atoms with Crippen LogP contribution in [0.5, 0.6) is 0 Å². The van der Waals surface area contributed by atoms with Gasteiger partial charge in [-0.05, 0) is 6.42 Å². The fraction of sp³-hybridized carbons (Fsp3) is 0.947. The van der Waals surface area contributed by atoms with E-state index in [0.717, 1.165) is 19.3 Å². The van der Waals surface area contributed by atoms with Crippen LogP contribution < -0.4 is 0 Å². The van der Waals surface area contributed by atoms with Crippen LogP contribution in [0.2, 0.25) is 0 Å². The largest absolute Gasteiger partial charge is 0.470 e. The molecule has 0 saturated carbocycles. The zero-order valence-electron chi connectivity index (χ0n) is 17.3. The van der Waals surface area contributed by atoms with E-state index in [1.54, 1.807) is 0 Å². The summed E-state index contributed by atoms with van der Waals surface area (Å²) in [7, 11) is 0.939. The van der Waals surface area contributed by atoms with Gasteiger partial charge < -0.3 is 14.3 Å². The Morgan fingerprint density at radius 1 is 0.885 bits per heavy atom. The summed E-state index contributed by atoms with van der Waals surface area (Å²) in [4.78, 5) is 30.3. The van der Waals surface area contributed by atoms with Gasteiger partial charge in [-0.1, -0.05) is 71.1 Å². The molecule has 0 fully saturated rings. The smallest absolute Gasteiger partial charge is 0.328 e. The Bertz CT molecular complexity index is 417. The molecule has 0 aliphatic heterocycles. The number of ketones is 1. The highest BCUT2D eigenvalue weighted by atomic mass is 31.2. The van der Waals surface area contributed by atoms with Gasteiger partial charge in [0.25, 0.3) is 0 Å². The predicted molar refractivity (Wildman–Crippen MR) is 106 cm³/mol. The van der Waals surface area contributed by atoms with E-state index in [1.807, 2.05) is 21.1 Å². The Morgan fingerprint density at radius 3 is 1.69 bits per heavy atom. The first-order valence-electron chi connectivity index (χ1n) is 10.1. The maximum Gasteiger partial charge on any atom is 0.470 e. The van der Waals surface area contributed by atoms with Crippen molar-refractivity contribution in [3.05, 3.63) is 0 Å². The molecule has 0 bridgehead atoms. The van der Waals surface area contributed by atoms with E-state index in [-0.39, 0.29) is 12.3 Å². The molecule has 0 aliphatic rings. The molecule has 0 spiro atoms. The molecule has 6 nitrogen and oxygen atoms in total. The summed E-state index contributed by atoms with van der Waals surface area (Å²) in [5.74, 6) is -0.211. The monoisotopic (exact) mass is 394 g/mol. The molecule has 0 rings (SSSR count). The minimum absolute atomic E-state index is 0.211. The summed E-state index contributed by atoms with van der Waals surface area (Å²) in [6.07, 6.45) is 12.5. The molecular formula is C19H41NO5P+. The quantitative estimate of drug-likeness (QED) is 0.216. The zero-order chi connectivity index (χ0) is 20.1. The summed E-state index contributed by atoms with van der Waals surface area (Å²) >= 11 is 0. The van der Waals surface area contributed by atoms with Gasteiger partial charge in [0.15, 0.2) is 11.9 Å². The first kappa shape index (κ1) is 25.7. The Balaban J connectivity index is 3.90. The Kier molecular flexibility index (Phi) is 13.7. The zero-order valence-corrected chi connectivity index (χ0v) is 18.2. The van der Waals surface area contributed by atoms with Crippen molar-refractivity contribution in [2.24, 2.45) is 0 Å². The third-order valence-electron chi connectivity index (χ3n) is 4.36. The molecule has 156 valence electrons. The van der Waals surface area contributed by atoms with E-state index in [4.69, 9.17) is 14.3 Å². The first-order chi connectivity index (χ1) is 12.0. The Morgan fingerprint density at radius 2 is 1.31 bits per heavy atom. The summed E-state index contributed by atoms with van der Waals surface area (Å²) in [6.45, 7) is 2.48. The van der Waals surface area contributed by atoms with Crippen LogP contribution in [0.1, 0.15) is 84.0 Å². The van der Waals surface area contributed by atoms with Crippen LogP contribution in [-0.2, 0) is 13.9 Å². The SMILES string of the molecule is CCCCCCCCCCCCCC(=O)C(C[N+](C)(C)C)OP(=O)(O)O. The van der Waals surface area contributed by atoms with Crippen molar-refractivity contribution >= 4 is 13.6 Å². The van der Waals surface area contributed by atoms with Crippen molar-refractivity contribution in [2.45, 2.75) is 90.1 Å². The lowest BCUT2D eigenvalue weighted by molar-refractivity contribution is -0.872. The molecular weight excluding hydrogens is 353 g/mol. The number of quaternary nitrogens is 1. The maximum absolute atomic E-state index is 12.3. The van der Waals surface area contributed by atoms with Crippen LogP contribution in [0.25, 0.3) is 0 Å². The number of rotatable bonds is 17. The number of phosphoric acid groups is 1. The van der Waals surface area contributed by atoms with E-state index in [2.05, 4.69) is 6.92 Å². The maximum atomic E-state index is 12.3. The molecule has 7 heteroatoms. The van der Waals surface area contributed by atoms with Crippen molar-refractivity contribution in [3.8, 4) is 0 Å². The van der Waals surface area contributed by atoms with Crippen molar-refractivity contribution in [2.75, 3.05) is 27.7 Å². The molecule has 0 saturated heterocycles. The number of carbonyl (C=O) groups is 1. The molecule has 0 amide bonds. The lowest BCUT2D eigenvalue weighted by Gasteiger charge is -2.28. The van der Waals surface area contributed by atoms with Gasteiger partial charge >= 0.3 is 7.82 Å². The molecule has 0 aromatic heterocycles. The number of likely N-dealkylation sites (N-methyl/N-ethyl adjacent to an activating group) is 1. The lowest BCUT2D eigenvalue weighted by atomic mass is 10.0. The van der Waals surface area contributed by atoms with Crippen LogP contribution in [0.15, 0.2) is 0 Å². The Hall–Kier alpha value is -0.260. The van der Waals surface area contributed by atoms with Crippen molar-refractivity contribution in [1.29, 1.82) is 0 Å². The molecule has 0 radical (unpaired) electrons. The fourth-order valence-corrected chi connectivity index (χ4v) is 3.50. The van der Waals surface area contributed by atoms with Crippen molar-refractivity contribution < 1.29 is 28.2 Å². The number of nitrogens with zero attached hydrogens (tertiary/aromatic N) is 1. The number of Topliss-reactive ketones (excluding diaryl/α,β-unsaturated/α-hetero) is 1. The fourth-order valence-electron chi connectivity index (χ4n) is 2.98. The highest BCUT2D eigenvalue weighted by Gasteiger charge is 2.32. The first-order valence-corrected chi connectivity index (χ1v) is 11.7. The summed E-state index contributed by atoms with van der Waals surface area (Å²) < 4.78 is 16.2. The van der Waals surface area contributed by atoms with Gasteiger partial charge in [-0.25, -0.2) is 4.57 Å². The van der Waals surface area contributed by atoms with Crippen molar-refractivity contribution in [1.82, 2.24) is 0 Å². The molecule has 26 heavy (non-hydrogen) atoms. The van der Waals surface area contributed by atoms with Gasteiger partial charge in [0, 0.05) is 6.42 Å². The van der Waals surface area contributed by atoms with Gasteiger partial charge in [0.2, 0.25) is 0 Å². The van der Waals surface area contributed by atoms with Crippen LogP contribution in [-0.4, -0.2) is 53.8 Å². The third-order valence-corrected chi connectivity index (χ3v) is 4.89. The third kappa shape index (κ3) is 17.2. The predicted octanol–water partition coefficient (Wildman–Crippen LogP) is 4.44. The van der Waals surface area contributed by atoms with E-state index < -0.39 is 13.9 Å². The minimum Gasteiger partial charge on any atom is -0.328 e. The average molecular weight is 395 g/mol. The highest BCUT2D eigenvalue weighted by Crippen LogP contribution is 2.38. The van der Waals surface area contributed by atoms with E-state index in [9.17, 15) is 9.36 Å². The summed E-state index contributed by atoms with van der Waals surface area (Å²) in [5.41, 5.74) is 0. The molecule has 0 heterocycles. The van der Waals surface area contributed by atoms with Gasteiger partial charge in [-0.2, -0.15) is 0 Å².